The molecule has 44 heavy (non-hydrogen) atoms. The van der Waals surface area contributed by atoms with Gasteiger partial charge in [0.2, 0.25) is 0 Å². The van der Waals surface area contributed by atoms with Crippen molar-refractivity contribution in [3.05, 3.63) is 11.6 Å². The van der Waals surface area contributed by atoms with E-state index in [1.807, 2.05) is 32.8 Å². The zero-order valence-electron chi connectivity index (χ0n) is 29.5. The molecule has 3 aliphatic rings. The molecule has 9 atom stereocenters. The smallest absolute Gasteiger partial charge is 0.319 e. The maximum atomic E-state index is 14.2. The third kappa shape index (κ3) is 8.49. The second kappa shape index (κ2) is 15.0. The molecule has 10 heteroatoms. The molecule has 0 amide bonds. The molecule has 0 aromatic carbocycles. The first-order chi connectivity index (χ1) is 20.4. The van der Waals surface area contributed by atoms with Crippen LogP contribution >= 0.6 is 0 Å². The molecule has 0 saturated carbocycles. The number of hydrogen-bond acceptors (Lipinski definition) is 10. The van der Waals surface area contributed by atoms with E-state index in [-0.39, 0.29) is 36.5 Å². The van der Waals surface area contributed by atoms with Gasteiger partial charge in [-0.25, -0.2) is 0 Å². The summed E-state index contributed by atoms with van der Waals surface area (Å²) in [5, 5.41) is 11.3. The highest BCUT2D eigenvalue weighted by atomic mass is 16.7. The van der Waals surface area contributed by atoms with Gasteiger partial charge >= 0.3 is 5.97 Å². The van der Waals surface area contributed by atoms with Crippen LogP contribution < -0.4 is 0 Å². The first-order valence-corrected chi connectivity index (χ1v) is 16.4. The number of likely N-dealkylation sites (tertiary alicyclic amines) is 1. The van der Waals surface area contributed by atoms with Crippen LogP contribution in [0.1, 0.15) is 68.2 Å². The molecule has 0 unspecified atom stereocenters. The summed E-state index contributed by atoms with van der Waals surface area (Å²) in [6.07, 6.45) is 0.684. The molecule has 10 nitrogen and oxygen atoms in total. The number of ether oxygens (including phenoxy) is 4. The molecule has 3 aliphatic heterocycles. The number of methoxy groups -OCH3 is 1. The Morgan fingerprint density at radius 1 is 1.11 bits per heavy atom. The number of aliphatic hydroxyl groups is 1. The Morgan fingerprint density at radius 2 is 1.75 bits per heavy atom. The number of allylic oxidation sites excluding steroid dienone is 1. The molecule has 0 spiro atoms. The molecular weight excluding hydrogens is 562 g/mol. The van der Waals surface area contributed by atoms with E-state index in [1.165, 1.54) is 5.57 Å². The van der Waals surface area contributed by atoms with Crippen molar-refractivity contribution in [2.75, 3.05) is 61.0 Å². The molecule has 3 heterocycles. The van der Waals surface area contributed by atoms with Crippen molar-refractivity contribution in [1.29, 1.82) is 0 Å². The van der Waals surface area contributed by atoms with Crippen molar-refractivity contribution in [3.8, 4) is 0 Å². The minimum atomic E-state index is -1.40. The van der Waals surface area contributed by atoms with E-state index in [9.17, 15) is 14.7 Å². The first kappa shape index (κ1) is 37.1. The summed E-state index contributed by atoms with van der Waals surface area (Å²) < 4.78 is 25.0. The quantitative estimate of drug-likeness (QED) is 0.259. The zero-order valence-corrected chi connectivity index (χ0v) is 29.5. The maximum absolute atomic E-state index is 14.2. The SMILES string of the molecule is CO[C@]1(C)C[C@@H](C)CN(C)[C@H](C2CN(CC=C(C)C)C2)COC(=O)C(C)(C)C(=O)[C@H](C)[C@H]1O[C@@H]1O[C@H](C)C[C@H](N(C)C)[C@H]1O. The van der Waals surface area contributed by atoms with Gasteiger partial charge in [0.25, 0.3) is 0 Å². The van der Waals surface area contributed by atoms with Gasteiger partial charge in [-0.2, -0.15) is 0 Å². The third-order valence-electron chi connectivity index (χ3n) is 10.2. The number of likely N-dealkylation sites (N-methyl/N-ethyl adjacent to an activating group) is 2. The monoisotopic (exact) mass is 623 g/mol. The summed E-state index contributed by atoms with van der Waals surface area (Å²) in [7, 11) is 7.59. The molecule has 0 aromatic rings. The van der Waals surface area contributed by atoms with Gasteiger partial charge in [-0.3, -0.25) is 19.4 Å². The van der Waals surface area contributed by atoms with Gasteiger partial charge in [0.15, 0.2) is 12.1 Å². The van der Waals surface area contributed by atoms with Gasteiger partial charge < -0.3 is 29.0 Å². The Bertz CT molecular complexity index is 1010. The highest BCUT2D eigenvalue weighted by Crippen LogP contribution is 2.38. The Labute approximate surface area is 266 Å². The highest BCUT2D eigenvalue weighted by Gasteiger charge is 2.52. The number of nitrogens with zero attached hydrogens (tertiary/aromatic N) is 3. The summed E-state index contributed by atoms with van der Waals surface area (Å²) in [6, 6.07) is -0.136. The van der Waals surface area contributed by atoms with E-state index in [0.29, 0.717) is 18.8 Å². The lowest BCUT2D eigenvalue weighted by Gasteiger charge is -2.47. The van der Waals surface area contributed by atoms with Crippen LogP contribution in [0.15, 0.2) is 11.6 Å². The van der Waals surface area contributed by atoms with Crippen LogP contribution in [-0.2, 0) is 28.5 Å². The van der Waals surface area contributed by atoms with E-state index >= 15 is 0 Å². The van der Waals surface area contributed by atoms with E-state index < -0.39 is 41.4 Å². The molecule has 0 radical (unpaired) electrons. The summed E-state index contributed by atoms with van der Waals surface area (Å²) in [5.74, 6) is -1.04. The van der Waals surface area contributed by atoms with Crippen LogP contribution in [0.2, 0.25) is 0 Å². The predicted molar refractivity (Wildman–Crippen MR) is 171 cm³/mol. The molecule has 3 rings (SSSR count). The van der Waals surface area contributed by atoms with Gasteiger partial charge in [-0.15, -0.1) is 0 Å². The van der Waals surface area contributed by atoms with Crippen LogP contribution in [-0.4, -0.2) is 135 Å². The number of rotatable bonds is 7. The largest absolute Gasteiger partial charge is 0.463 e. The van der Waals surface area contributed by atoms with Gasteiger partial charge in [0.05, 0.1) is 17.8 Å². The highest BCUT2D eigenvalue weighted by molar-refractivity contribution is 6.04. The lowest BCUT2D eigenvalue weighted by Crippen LogP contribution is -2.59. The van der Waals surface area contributed by atoms with E-state index in [0.717, 1.165) is 26.2 Å². The number of carbonyl (C=O) groups excluding carboxylic acids is 2. The number of hydrogen-bond donors (Lipinski definition) is 1. The van der Waals surface area contributed by atoms with Crippen LogP contribution in [0.3, 0.4) is 0 Å². The van der Waals surface area contributed by atoms with Crippen molar-refractivity contribution in [2.24, 2.45) is 23.2 Å². The number of carbonyl (C=O) groups is 2. The summed E-state index contributed by atoms with van der Waals surface area (Å²) in [5.41, 5.74) is -1.01. The number of esters is 1. The number of ketones is 1. The van der Waals surface area contributed by atoms with Crippen LogP contribution in [0.4, 0.5) is 0 Å². The molecule has 254 valence electrons. The minimum Gasteiger partial charge on any atom is -0.463 e. The summed E-state index contributed by atoms with van der Waals surface area (Å²) >= 11 is 0. The van der Waals surface area contributed by atoms with Crippen molar-refractivity contribution < 1.29 is 33.6 Å². The van der Waals surface area contributed by atoms with Crippen LogP contribution in [0.25, 0.3) is 0 Å². The van der Waals surface area contributed by atoms with Gasteiger partial charge in [-0.05, 0) is 81.4 Å². The van der Waals surface area contributed by atoms with Crippen molar-refractivity contribution in [2.45, 2.75) is 111 Å². The standard InChI is InChI=1S/C34H61N3O7/c1-21(2)13-14-37-18-25(19-37)27-20-42-32(40)33(6,7)29(39)24(5)30(34(8,41-12)16-22(3)17-36(27)11)44-31-28(38)26(35(9)10)15-23(4)43-31/h13,22-28,30-31,38H,14-20H2,1-12H3/t22-,23-,24+,26+,27+,28-,30-,31+,34-/m1/s1. The molecule has 3 fully saturated rings. The Balaban J connectivity index is 1.93. The topological polar surface area (TPSA) is 101 Å². The maximum Gasteiger partial charge on any atom is 0.319 e. The van der Waals surface area contributed by atoms with Crippen molar-refractivity contribution >= 4 is 11.8 Å². The van der Waals surface area contributed by atoms with Crippen LogP contribution in [0, 0.1) is 23.2 Å². The van der Waals surface area contributed by atoms with E-state index in [2.05, 4.69) is 43.7 Å². The number of cyclic esters (lactones) is 1. The lowest BCUT2D eigenvalue weighted by molar-refractivity contribution is -0.295. The normalized spacial score (nSPS) is 38.7. The van der Waals surface area contributed by atoms with Gasteiger partial charge in [0.1, 0.15) is 18.1 Å². The Kier molecular flexibility index (Phi) is 12.6. The molecule has 0 aromatic heterocycles. The average molecular weight is 624 g/mol. The fourth-order valence-electron chi connectivity index (χ4n) is 7.37. The van der Waals surface area contributed by atoms with E-state index in [4.69, 9.17) is 18.9 Å². The average Bonchev–Trinajstić information content (AvgIpc) is 2.91. The first-order valence-electron chi connectivity index (χ1n) is 16.4. The van der Waals surface area contributed by atoms with Gasteiger partial charge in [0, 0.05) is 57.2 Å². The fraction of sp³-hybridized carbons (Fsp3) is 0.882. The molecule has 0 bridgehead atoms. The van der Waals surface area contributed by atoms with Crippen molar-refractivity contribution in [1.82, 2.24) is 14.7 Å². The minimum absolute atomic E-state index is 0.0320. The second-order valence-corrected chi connectivity index (χ2v) is 15.1. The molecule has 1 N–H and O–H groups in total. The van der Waals surface area contributed by atoms with Crippen LogP contribution in [0.5, 0.6) is 0 Å². The molecule has 0 aliphatic carbocycles. The number of aliphatic hydroxyl groups excluding tert-OH is 1. The zero-order chi connectivity index (χ0) is 33.1. The second-order valence-electron chi connectivity index (χ2n) is 15.1. The van der Waals surface area contributed by atoms with Gasteiger partial charge in [-0.1, -0.05) is 25.5 Å². The lowest BCUT2D eigenvalue weighted by atomic mass is 9.74. The Morgan fingerprint density at radius 3 is 2.32 bits per heavy atom. The Hall–Kier alpha value is -1.40. The fourth-order valence-corrected chi connectivity index (χ4v) is 7.37. The summed E-state index contributed by atoms with van der Waals surface area (Å²) in [4.78, 5) is 34.5. The summed E-state index contributed by atoms with van der Waals surface area (Å²) in [6.45, 7) is 19.2. The number of Topliss-reactive ketones (excluding diaryl/α,β-unsaturated/α-hetero) is 1. The predicted octanol–water partition coefficient (Wildman–Crippen LogP) is 3.22. The van der Waals surface area contributed by atoms with Crippen molar-refractivity contribution in [3.63, 3.8) is 0 Å². The molecule has 3 saturated heterocycles. The molecular formula is C34H61N3O7. The third-order valence-corrected chi connectivity index (χ3v) is 10.2. The van der Waals surface area contributed by atoms with E-state index in [1.54, 1.807) is 27.9 Å².